The Bertz CT molecular complexity index is 943. The highest BCUT2D eigenvalue weighted by atomic mass is 35.5. The third kappa shape index (κ3) is 3.34. The molecule has 3 rings (SSSR count). The van der Waals surface area contributed by atoms with Gasteiger partial charge in [0.15, 0.2) is 4.96 Å². The Labute approximate surface area is 145 Å². The highest BCUT2D eigenvalue weighted by molar-refractivity contribution is 7.15. The van der Waals surface area contributed by atoms with E-state index in [0.717, 1.165) is 4.96 Å². The lowest BCUT2D eigenvalue weighted by Crippen LogP contribution is -2.21. The molecule has 3 aromatic rings. The molecule has 0 spiro atoms. The van der Waals surface area contributed by atoms with Crippen LogP contribution in [0.1, 0.15) is 5.69 Å². The van der Waals surface area contributed by atoms with Crippen molar-refractivity contribution in [2.45, 2.75) is 0 Å². The molecule has 2 aromatic heterocycles. The molecule has 0 unspecified atom stereocenters. The number of hydrogen-bond donors (Lipinski definition) is 2. The summed E-state index contributed by atoms with van der Waals surface area (Å²) >= 11 is 1.44. The lowest BCUT2D eigenvalue weighted by molar-refractivity contribution is -0.384. The van der Waals surface area contributed by atoms with Crippen molar-refractivity contribution in [1.82, 2.24) is 9.38 Å². The van der Waals surface area contributed by atoms with Crippen molar-refractivity contribution in [3.63, 3.8) is 0 Å². The Morgan fingerprint density at radius 2 is 2.21 bits per heavy atom. The van der Waals surface area contributed by atoms with Gasteiger partial charge in [-0.1, -0.05) is 12.1 Å². The number of nitrogens with two attached hydrogens (primary N) is 2. The number of hydrogen-bond acceptors (Lipinski definition) is 6. The van der Waals surface area contributed by atoms with Gasteiger partial charge in [-0.15, -0.1) is 28.8 Å². The third-order valence-corrected chi connectivity index (χ3v) is 3.74. The highest BCUT2D eigenvalue weighted by Gasteiger charge is 2.16. The Morgan fingerprint density at radius 3 is 2.92 bits per heavy atom. The lowest BCUT2D eigenvalue weighted by Gasteiger charge is -1.99. The van der Waals surface area contributed by atoms with Gasteiger partial charge in [0.1, 0.15) is 0 Å². The molecule has 0 aliphatic heterocycles. The van der Waals surface area contributed by atoms with Gasteiger partial charge in [-0.2, -0.15) is 5.10 Å². The fraction of sp³-hybridized carbons (Fsp3) is 0. The number of thiazole rings is 1. The number of fused-ring (bicyclic) bond motifs is 1. The van der Waals surface area contributed by atoms with Crippen LogP contribution in [-0.4, -0.2) is 26.5 Å². The summed E-state index contributed by atoms with van der Waals surface area (Å²) in [5, 5.41) is 20.2. The molecule has 9 nitrogen and oxygen atoms in total. The second-order valence-corrected chi connectivity index (χ2v) is 5.35. The van der Waals surface area contributed by atoms with Crippen molar-refractivity contribution in [2.75, 3.05) is 0 Å². The van der Waals surface area contributed by atoms with Gasteiger partial charge in [-0.3, -0.25) is 14.5 Å². The second kappa shape index (κ2) is 7.06. The van der Waals surface area contributed by atoms with Gasteiger partial charge in [0.05, 0.1) is 22.5 Å². The minimum Gasteiger partial charge on any atom is -0.369 e. The number of aromatic nitrogens is 2. The van der Waals surface area contributed by atoms with E-state index in [1.54, 1.807) is 12.1 Å². The van der Waals surface area contributed by atoms with Crippen molar-refractivity contribution in [3.05, 3.63) is 51.7 Å². The summed E-state index contributed by atoms with van der Waals surface area (Å²) in [5.74, 6) is -0.163. The zero-order valence-corrected chi connectivity index (χ0v) is 13.7. The molecule has 1 aromatic carbocycles. The molecule has 0 radical (unpaired) electrons. The van der Waals surface area contributed by atoms with Crippen molar-refractivity contribution in [1.29, 1.82) is 0 Å². The summed E-state index contributed by atoms with van der Waals surface area (Å²) in [6.07, 6.45) is 3.28. The molecular formula is C13H12ClN7O2S. The van der Waals surface area contributed by atoms with Gasteiger partial charge in [0, 0.05) is 29.3 Å². The highest BCUT2D eigenvalue weighted by Crippen LogP contribution is 2.28. The van der Waals surface area contributed by atoms with Crippen LogP contribution in [0.15, 0.2) is 46.0 Å². The van der Waals surface area contributed by atoms with E-state index in [0.29, 0.717) is 17.0 Å². The SMILES string of the molecule is Cl.NC(N)=N/N=C\c1c(-c2cccc([N+](=O)[O-])c2)nc2sccn12. The van der Waals surface area contributed by atoms with Crippen LogP contribution in [0.25, 0.3) is 16.2 Å². The molecule has 0 amide bonds. The quantitative estimate of drug-likeness (QED) is 0.315. The van der Waals surface area contributed by atoms with Crippen molar-refractivity contribution >= 4 is 46.6 Å². The van der Waals surface area contributed by atoms with Crippen LogP contribution >= 0.6 is 23.7 Å². The smallest absolute Gasteiger partial charge is 0.270 e. The van der Waals surface area contributed by atoms with Gasteiger partial charge in [0.2, 0.25) is 5.96 Å². The van der Waals surface area contributed by atoms with Crippen molar-refractivity contribution in [3.8, 4) is 11.3 Å². The molecular weight excluding hydrogens is 354 g/mol. The first-order valence-corrected chi connectivity index (χ1v) is 7.26. The molecule has 4 N–H and O–H groups in total. The summed E-state index contributed by atoms with van der Waals surface area (Å²) in [4.78, 5) is 15.7. The van der Waals surface area contributed by atoms with Crippen molar-refractivity contribution < 1.29 is 4.92 Å². The van der Waals surface area contributed by atoms with E-state index < -0.39 is 4.92 Å². The van der Waals surface area contributed by atoms with Crippen LogP contribution in [0.2, 0.25) is 0 Å². The molecule has 0 aliphatic rings. The maximum Gasteiger partial charge on any atom is 0.270 e. The first-order chi connectivity index (χ1) is 11.1. The Balaban J connectivity index is 0.00000208. The average molecular weight is 366 g/mol. The van der Waals surface area contributed by atoms with Crippen LogP contribution in [0.4, 0.5) is 5.69 Å². The van der Waals surface area contributed by atoms with E-state index in [4.69, 9.17) is 11.5 Å². The summed E-state index contributed by atoms with van der Waals surface area (Å²) in [7, 11) is 0. The normalized spacial score (nSPS) is 10.7. The zero-order valence-electron chi connectivity index (χ0n) is 12.1. The van der Waals surface area contributed by atoms with Crippen molar-refractivity contribution in [2.24, 2.45) is 21.7 Å². The first-order valence-electron chi connectivity index (χ1n) is 6.38. The minimum atomic E-state index is -0.449. The summed E-state index contributed by atoms with van der Waals surface area (Å²) in [6, 6.07) is 6.24. The van der Waals surface area contributed by atoms with E-state index in [1.165, 1.54) is 29.7 Å². The zero-order chi connectivity index (χ0) is 16.4. The number of nitro groups is 1. The number of benzene rings is 1. The van der Waals surface area contributed by atoms with E-state index in [2.05, 4.69) is 15.2 Å². The number of nitrogens with zero attached hydrogens (tertiary/aromatic N) is 5. The number of halogens is 1. The average Bonchev–Trinajstić information content (AvgIpc) is 3.09. The summed E-state index contributed by atoms with van der Waals surface area (Å²) in [6.45, 7) is 0. The van der Waals surface area contributed by atoms with Crippen LogP contribution in [0.5, 0.6) is 0 Å². The fourth-order valence-corrected chi connectivity index (χ4v) is 2.78. The molecule has 24 heavy (non-hydrogen) atoms. The number of non-ortho nitro benzene ring substituents is 1. The molecule has 0 saturated heterocycles. The number of nitro benzene ring substituents is 1. The van der Waals surface area contributed by atoms with E-state index in [-0.39, 0.29) is 24.1 Å². The van der Waals surface area contributed by atoms with Gasteiger partial charge in [0.25, 0.3) is 5.69 Å². The minimum absolute atomic E-state index is 0. The summed E-state index contributed by atoms with van der Waals surface area (Å²) < 4.78 is 1.81. The number of guanidine groups is 1. The molecule has 124 valence electrons. The predicted octanol–water partition coefficient (Wildman–Crippen LogP) is 2.00. The molecule has 0 saturated carbocycles. The van der Waals surface area contributed by atoms with Gasteiger partial charge in [-0.25, -0.2) is 4.98 Å². The van der Waals surface area contributed by atoms with Crippen LogP contribution in [0, 0.1) is 10.1 Å². The van der Waals surface area contributed by atoms with E-state index >= 15 is 0 Å². The molecule has 2 heterocycles. The van der Waals surface area contributed by atoms with E-state index in [1.807, 2.05) is 16.0 Å². The Morgan fingerprint density at radius 1 is 1.42 bits per heavy atom. The maximum absolute atomic E-state index is 10.9. The van der Waals surface area contributed by atoms with Crippen LogP contribution < -0.4 is 11.5 Å². The monoisotopic (exact) mass is 365 g/mol. The van der Waals surface area contributed by atoms with E-state index in [9.17, 15) is 10.1 Å². The third-order valence-electron chi connectivity index (χ3n) is 2.98. The molecule has 11 heteroatoms. The van der Waals surface area contributed by atoms with Gasteiger partial charge in [-0.05, 0) is 0 Å². The Kier molecular flexibility index (Phi) is 5.11. The molecule has 0 fully saturated rings. The number of imidazole rings is 1. The standard InChI is InChI=1S/C13H11N7O2S.ClH/c14-12(15)18-16-7-10-11(17-13-19(10)4-5-23-13)8-2-1-3-9(6-8)20(21)22;/h1-7H,(H4,14,15,18);1H/b16-7-;. The number of rotatable bonds is 4. The Hall–Kier alpha value is -2.98. The first kappa shape index (κ1) is 17.4. The predicted molar refractivity (Wildman–Crippen MR) is 95.8 cm³/mol. The van der Waals surface area contributed by atoms with Gasteiger partial charge < -0.3 is 11.5 Å². The molecule has 0 bridgehead atoms. The lowest BCUT2D eigenvalue weighted by atomic mass is 10.1. The largest absolute Gasteiger partial charge is 0.369 e. The fourth-order valence-electron chi connectivity index (χ4n) is 2.06. The summed E-state index contributed by atoms with van der Waals surface area (Å²) in [5.41, 5.74) is 12.3. The topological polar surface area (TPSA) is 137 Å². The molecule has 0 aliphatic carbocycles. The van der Waals surface area contributed by atoms with Crippen LogP contribution in [0.3, 0.4) is 0 Å². The maximum atomic E-state index is 10.9. The second-order valence-electron chi connectivity index (χ2n) is 4.48. The molecule has 0 atom stereocenters. The van der Waals surface area contributed by atoms with Gasteiger partial charge >= 0.3 is 0 Å². The van der Waals surface area contributed by atoms with Crippen LogP contribution in [-0.2, 0) is 0 Å².